The maximum absolute atomic E-state index is 12.8. The van der Waals surface area contributed by atoms with Crippen LogP contribution in [0.5, 0.6) is 0 Å². The van der Waals surface area contributed by atoms with Crippen LogP contribution in [-0.4, -0.2) is 33.7 Å². The van der Waals surface area contributed by atoms with Crippen molar-refractivity contribution in [3.05, 3.63) is 60.2 Å². The number of carbonyl (C=O) groups excluding carboxylic acids is 1. The first-order valence-electron chi connectivity index (χ1n) is 8.38. The van der Waals surface area contributed by atoms with E-state index in [0.29, 0.717) is 43.7 Å². The summed E-state index contributed by atoms with van der Waals surface area (Å²) < 4.78 is 25.6. The zero-order chi connectivity index (χ0) is 17.9. The number of amides is 1. The number of aryl methyl sites for hydroxylation is 1. The van der Waals surface area contributed by atoms with Gasteiger partial charge in [0.1, 0.15) is 0 Å². The first kappa shape index (κ1) is 17.5. The Morgan fingerprint density at radius 3 is 2.28 bits per heavy atom. The normalized spacial score (nSPS) is 14.8. The highest BCUT2D eigenvalue weighted by Crippen LogP contribution is 2.34. The molecule has 0 fully saturated rings. The molecule has 5 nitrogen and oxygen atoms in total. The van der Waals surface area contributed by atoms with Gasteiger partial charge >= 0.3 is 0 Å². The van der Waals surface area contributed by atoms with Crippen LogP contribution in [0.2, 0.25) is 0 Å². The van der Waals surface area contributed by atoms with Crippen molar-refractivity contribution in [1.29, 1.82) is 0 Å². The van der Waals surface area contributed by atoms with Gasteiger partial charge in [0.15, 0.2) is 0 Å². The lowest BCUT2D eigenvalue weighted by Gasteiger charge is -2.25. The van der Waals surface area contributed by atoms with Crippen LogP contribution >= 0.6 is 0 Å². The Morgan fingerprint density at radius 1 is 0.960 bits per heavy atom. The molecule has 0 unspecified atom stereocenters. The predicted octanol–water partition coefficient (Wildman–Crippen LogP) is 2.82. The van der Waals surface area contributed by atoms with Crippen LogP contribution in [0.15, 0.2) is 54.6 Å². The summed E-state index contributed by atoms with van der Waals surface area (Å²) in [5.41, 5.74) is 2.37. The SMILES string of the molecule is CS(=O)(=O)N1CCCN(C(=O)CCc2ccccc2)c2ccccc21. The van der Waals surface area contributed by atoms with E-state index in [2.05, 4.69) is 0 Å². The van der Waals surface area contributed by atoms with E-state index in [0.717, 1.165) is 5.56 Å². The second kappa shape index (κ2) is 7.27. The maximum atomic E-state index is 12.8. The van der Waals surface area contributed by atoms with E-state index in [1.54, 1.807) is 17.0 Å². The molecule has 1 heterocycles. The lowest BCUT2D eigenvalue weighted by atomic mass is 10.1. The molecule has 1 aliphatic rings. The van der Waals surface area contributed by atoms with Gasteiger partial charge < -0.3 is 4.90 Å². The van der Waals surface area contributed by atoms with Gasteiger partial charge in [-0.05, 0) is 30.5 Å². The fourth-order valence-electron chi connectivity index (χ4n) is 3.15. The van der Waals surface area contributed by atoms with Crippen LogP contribution in [0.1, 0.15) is 18.4 Å². The number of rotatable bonds is 4. The number of carbonyl (C=O) groups is 1. The third-order valence-corrected chi connectivity index (χ3v) is 5.54. The molecule has 0 radical (unpaired) electrons. The molecule has 0 aliphatic carbocycles. The van der Waals surface area contributed by atoms with E-state index in [4.69, 9.17) is 0 Å². The van der Waals surface area contributed by atoms with Gasteiger partial charge in [-0.2, -0.15) is 0 Å². The Balaban J connectivity index is 1.84. The summed E-state index contributed by atoms with van der Waals surface area (Å²) in [4.78, 5) is 14.5. The number of benzene rings is 2. The molecule has 0 saturated heterocycles. The number of hydrogen-bond acceptors (Lipinski definition) is 3. The highest BCUT2D eigenvalue weighted by atomic mass is 32.2. The van der Waals surface area contributed by atoms with E-state index in [9.17, 15) is 13.2 Å². The van der Waals surface area contributed by atoms with Crippen molar-refractivity contribution in [2.75, 3.05) is 28.6 Å². The van der Waals surface area contributed by atoms with Crippen molar-refractivity contribution in [3.63, 3.8) is 0 Å². The summed E-state index contributed by atoms with van der Waals surface area (Å²) in [6, 6.07) is 17.1. The Hall–Kier alpha value is -2.34. The maximum Gasteiger partial charge on any atom is 0.232 e. The van der Waals surface area contributed by atoms with Crippen molar-refractivity contribution < 1.29 is 13.2 Å². The number of nitrogens with zero attached hydrogens (tertiary/aromatic N) is 2. The molecule has 2 aromatic carbocycles. The highest BCUT2D eigenvalue weighted by molar-refractivity contribution is 7.92. The topological polar surface area (TPSA) is 57.7 Å². The quantitative estimate of drug-likeness (QED) is 0.844. The van der Waals surface area contributed by atoms with Crippen LogP contribution in [0.25, 0.3) is 0 Å². The monoisotopic (exact) mass is 358 g/mol. The zero-order valence-electron chi connectivity index (χ0n) is 14.3. The van der Waals surface area contributed by atoms with Crippen molar-refractivity contribution in [3.8, 4) is 0 Å². The fourth-order valence-corrected chi connectivity index (χ4v) is 4.12. The van der Waals surface area contributed by atoms with Gasteiger partial charge in [-0.25, -0.2) is 8.42 Å². The molecule has 1 amide bonds. The van der Waals surface area contributed by atoms with Crippen LogP contribution < -0.4 is 9.21 Å². The molecule has 0 aromatic heterocycles. The third-order valence-electron chi connectivity index (χ3n) is 4.36. The minimum Gasteiger partial charge on any atom is -0.310 e. The summed E-state index contributed by atoms with van der Waals surface area (Å²) in [5.74, 6) is 0.0201. The van der Waals surface area contributed by atoms with Gasteiger partial charge in [-0.15, -0.1) is 0 Å². The molecule has 0 bridgehead atoms. The molecule has 25 heavy (non-hydrogen) atoms. The third kappa shape index (κ3) is 4.02. The minimum absolute atomic E-state index is 0.0201. The lowest BCUT2D eigenvalue weighted by molar-refractivity contribution is -0.118. The van der Waals surface area contributed by atoms with Crippen LogP contribution in [0.3, 0.4) is 0 Å². The highest BCUT2D eigenvalue weighted by Gasteiger charge is 2.28. The summed E-state index contributed by atoms with van der Waals surface area (Å²) in [7, 11) is -3.37. The molecule has 3 rings (SSSR count). The van der Waals surface area contributed by atoms with E-state index >= 15 is 0 Å². The van der Waals surface area contributed by atoms with Crippen LogP contribution in [0, 0.1) is 0 Å². The van der Waals surface area contributed by atoms with Gasteiger partial charge in [0.2, 0.25) is 15.9 Å². The minimum atomic E-state index is -3.37. The number of anilines is 2. The molecule has 2 aromatic rings. The molecule has 1 aliphatic heterocycles. The average Bonchev–Trinajstić information content (AvgIpc) is 2.80. The standard InChI is InChI=1S/C19H22N2O3S/c1-25(23,24)21-15-7-14-20(17-10-5-6-11-18(17)21)19(22)13-12-16-8-3-2-4-9-16/h2-6,8-11H,7,12-15H2,1H3. The van der Waals surface area contributed by atoms with Crippen molar-refractivity contribution >= 4 is 27.3 Å². The van der Waals surface area contributed by atoms with Crippen molar-refractivity contribution in [2.24, 2.45) is 0 Å². The molecule has 0 spiro atoms. The van der Waals surface area contributed by atoms with Gasteiger partial charge in [0.25, 0.3) is 0 Å². The van der Waals surface area contributed by atoms with Gasteiger partial charge in [-0.3, -0.25) is 9.10 Å². The molecular formula is C19H22N2O3S. The zero-order valence-corrected chi connectivity index (χ0v) is 15.1. The first-order valence-corrected chi connectivity index (χ1v) is 10.2. The molecule has 132 valence electrons. The van der Waals surface area contributed by atoms with Crippen LogP contribution in [0.4, 0.5) is 11.4 Å². The Kier molecular flexibility index (Phi) is 5.08. The van der Waals surface area contributed by atoms with E-state index in [-0.39, 0.29) is 5.91 Å². The number of fused-ring (bicyclic) bond motifs is 1. The van der Waals surface area contributed by atoms with E-state index in [1.165, 1.54) is 10.6 Å². The average molecular weight is 358 g/mol. The fraction of sp³-hybridized carbons (Fsp3) is 0.316. The van der Waals surface area contributed by atoms with Gasteiger partial charge in [-0.1, -0.05) is 42.5 Å². The molecule has 0 atom stereocenters. The summed E-state index contributed by atoms with van der Waals surface area (Å²) in [6.45, 7) is 0.912. The molecule has 6 heteroatoms. The Morgan fingerprint density at radius 2 is 1.60 bits per heavy atom. The summed E-state index contributed by atoms with van der Waals surface area (Å²) in [6.07, 6.45) is 2.89. The van der Waals surface area contributed by atoms with E-state index < -0.39 is 10.0 Å². The van der Waals surface area contributed by atoms with Crippen LogP contribution in [-0.2, 0) is 21.2 Å². The molecule has 0 N–H and O–H groups in total. The number of hydrogen-bond donors (Lipinski definition) is 0. The summed E-state index contributed by atoms with van der Waals surface area (Å²) >= 11 is 0. The molecular weight excluding hydrogens is 336 g/mol. The Labute approximate surface area is 148 Å². The number of para-hydroxylation sites is 2. The number of sulfonamides is 1. The Bertz CT molecular complexity index is 850. The van der Waals surface area contributed by atoms with Gasteiger partial charge in [0, 0.05) is 19.5 Å². The van der Waals surface area contributed by atoms with E-state index in [1.807, 2.05) is 42.5 Å². The predicted molar refractivity (Wildman–Crippen MR) is 100 cm³/mol. The van der Waals surface area contributed by atoms with Crippen molar-refractivity contribution in [1.82, 2.24) is 0 Å². The van der Waals surface area contributed by atoms with Gasteiger partial charge in [0.05, 0.1) is 17.6 Å². The smallest absolute Gasteiger partial charge is 0.232 e. The lowest BCUT2D eigenvalue weighted by Crippen LogP contribution is -2.31. The largest absolute Gasteiger partial charge is 0.310 e. The summed E-state index contributed by atoms with van der Waals surface area (Å²) in [5, 5.41) is 0. The second-order valence-electron chi connectivity index (χ2n) is 6.21. The second-order valence-corrected chi connectivity index (χ2v) is 8.12. The van der Waals surface area contributed by atoms with Crippen molar-refractivity contribution in [2.45, 2.75) is 19.3 Å². The first-order chi connectivity index (χ1) is 12.0. The molecule has 0 saturated carbocycles.